The van der Waals surface area contributed by atoms with Crippen molar-refractivity contribution in [2.45, 2.75) is 32.2 Å². The van der Waals surface area contributed by atoms with E-state index in [0.29, 0.717) is 34.6 Å². The van der Waals surface area contributed by atoms with Crippen LogP contribution in [-0.2, 0) is 15.9 Å². The minimum absolute atomic E-state index is 0.106. The predicted octanol–water partition coefficient (Wildman–Crippen LogP) is 4.69. The second-order valence-electron chi connectivity index (χ2n) is 7.03. The Hall–Kier alpha value is -1.89. The fourth-order valence-corrected chi connectivity index (χ4v) is 3.86. The highest BCUT2D eigenvalue weighted by Crippen LogP contribution is 2.47. The first-order valence-electron chi connectivity index (χ1n) is 8.60. The minimum Gasteiger partial charge on any atom is -0.493 e. The summed E-state index contributed by atoms with van der Waals surface area (Å²) in [7, 11) is 4.67. The van der Waals surface area contributed by atoms with Crippen LogP contribution < -0.4 is 9.47 Å². The van der Waals surface area contributed by atoms with Gasteiger partial charge in [-0.1, -0.05) is 28.1 Å². The number of carbonyl (C=O) groups excluding carboxylic acids is 1. The van der Waals surface area contributed by atoms with E-state index >= 15 is 0 Å². The summed E-state index contributed by atoms with van der Waals surface area (Å²) >= 11 is 3.43. The van der Waals surface area contributed by atoms with Gasteiger partial charge in [0.2, 0.25) is 0 Å². The number of halogens is 1. The monoisotopic (exact) mass is 434 g/mol. The van der Waals surface area contributed by atoms with E-state index < -0.39 is 11.9 Å². The van der Waals surface area contributed by atoms with Crippen LogP contribution in [-0.4, -0.2) is 32.7 Å². The van der Waals surface area contributed by atoms with Gasteiger partial charge in [0, 0.05) is 47.4 Å². The van der Waals surface area contributed by atoms with Gasteiger partial charge >= 0.3 is 0 Å². The Bertz CT molecular complexity index is 871. The normalized spacial score (nSPS) is 14.8. The van der Waals surface area contributed by atoms with Gasteiger partial charge in [-0.25, -0.2) is 0 Å². The number of benzene rings is 2. The topological polar surface area (TPSA) is 54.0 Å². The van der Waals surface area contributed by atoms with Crippen LogP contribution in [0, 0.1) is 0 Å². The van der Waals surface area contributed by atoms with Crippen LogP contribution in [0.1, 0.15) is 47.2 Å². The van der Waals surface area contributed by atoms with Crippen LogP contribution in [0.3, 0.4) is 0 Å². The Balaban J connectivity index is 2.27. The first-order valence-corrected chi connectivity index (χ1v) is 9.39. The molecule has 0 bridgehead atoms. The number of fused-ring (bicyclic) bond motifs is 1. The van der Waals surface area contributed by atoms with Crippen LogP contribution in [0.4, 0.5) is 0 Å². The van der Waals surface area contributed by atoms with E-state index in [2.05, 4.69) is 15.9 Å². The molecule has 0 aromatic heterocycles. The molecular formula is C21H23BrO5. The third kappa shape index (κ3) is 3.74. The second kappa shape index (κ2) is 7.62. The maximum absolute atomic E-state index is 13.5. The lowest BCUT2D eigenvalue weighted by Crippen LogP contribution is -2.25. The fraction of sp³-hybridized carbons (Fsp3) is 0.381. The summed E-state index contributed by atoms with van der Waals surface area (Å²) in [5, 5.41) is 0. The van der Waals surface area contributed by atoms with Crippen molar-refractivity contribution in [3.05, 3.63) is 57.1 Å². The van der Waals surface area contributed by atoms with Gasteiger partial charge in [-0.2, -0.15) is 0 Å². The van der Waals surface area contributed by atoms with E-state index in [4.69, 9.17) is 18.9 Å². The Labute approximate surface area is 167 Å². The Kier molecular flexibility index (Phi) is 5.60. The predicted molar refractivity (Wildman–Crippen MR) is 106 cm³/mol. The number of methoxy groups -OCH3 is 3. The zero-order chi connectivity index (χ0) is 19.8. The molecule has 144 valence electrons. The summed E-state index contributed by atoms with van der Waals surface area (Å²) in [4.78, 5) is 13.5. The van der Waals surface area contributed by atoms with Gasteiger partial charge in [-0.3, -0.25) is 4.79 Å². The summed E-state index contributed by atoms with van der Waals surface area (Å²) in [6.45, 7) is 3.98. The van der Waals surface area contributed by atoms with Crippen molar-refractivity contribution in [3.8, 4) is 11.5 Å². The van der Waals surface area contributed by atoms with Crippen LogP contribution >= 0.6 is 15.9 Å². The number of rotatable bonds is 6. The van der Waals surface area contributed by atoms with Crippen molar-refractivity contribution in [2.75, 3.05) is 21.3 Å². The fourth-order valence-electron chi connectivity index (χ4n) is 3.46. The van der Waals surface area contributed by atoms with Crippen molar-refractivity contribution in [3.63, 3.8) is 0 Å². The van der Waals surface area contributed by atoms with Crippen molar-refractivity contribution >= 4 is 21.7 Å². The molecule has 0 aliphatic carbocycles. The quantitative estimate of drug-likeness (QED) is 0.487. The summed E-state index contributed by atoms with van der Waals surface area (Å²) in [6.07, 6.45) is -0.110. The lowest BCUT2D eigenvalue weighted by molar-refractivity contribution is -0.106. The van der Waals surface area contributed by atoms with E-state index in [0.717, 1.165) is 10.0 Å². The standard InChI is InChI=1S/C21H23BrO5/c1-21(2)11-15-17(18(23)12-7-6-8-13(22)9-12)14(20(25-4)26-5)10-16(24-3)19(15)27-21/h6-10,20H,11H2,1-5H3. The molecular weight excluding hydrogens is 412 g/mol. The first kappa shape index (κ1) is 19.9. The highest BCUT2D eigenvalue weighted by molar-refractivity contribution is 9.10. The molecule has 1 heterocycles. The molecule has 0 saturated heterocycles. The van der Waals surface area contributed by atoms with Gasteiger partial charge in [0.1, 0.15) is 5.60 Å². The molecule has 0 unspecified atom stereocenters. The molecule has 0 amide bonds. The third-order valence-electron chi connectivity index (χ3n) is 4.57. The molecule has 1 aliphatic rings. The summed E-state index contributed by atoms with van der Waals surface area (Å²) in [5.41, 5.74) is 2.13. The molecule has 0 radical (unpaired) electrons. The lowest BCUT2D eigenvalue weighted by atomic mass is 9.88. The molecule has 0 fully saturated rings. The van der Waals surface area contributed by atoms with E-state index in [-0.39, 0.29) is 5.78 Å². The SMILES string of the molecule is COc1cc(C(OC)OC)c(C(=O)c2cccc(Br)c2)c2c1OC(C)(C)C2. The number of ketones is 1. The minimum atomic E-state index is -0.695. The summed E-state index contributed by atoms with van der Waals surface area (Å²) in [6, 6.07) is 9.09. The molecule has 27 heavy (non-hydrogen) atoms. The highest BCUT2D eigenvalue weighted by atomic mass is 79.9. The molecule has 2 aromatic carbocycles. The first-order chi connectivity index (χ1) is 12.8. The lowest BCUT2D eigenvalue weighted by Gasteiger charge is -2.21. The van der Waals surface area contributed by atoms with E-state index in [9.17, 15) is 4.79 Å². The average molecular weight is 435 g/mol. The Morgan fingerprint density at radius 2 is 1.89 bits per heavy atom. The van der Waals surface area contributed by atoms with E-state index in [1.54, 1.807) is 39.5 Å². The summed E-state index contributed by atoms with van der Waals surface area (Å²) in [5.74, 6) is 1.07. The van der Waals surface area contributed by atoms with Crippen LogP contribution in [0.5, 0.6) is 11.5 Å². The Morgan fingerprint density at radius 1 is 1.19 bits per heavy atom. The summed E-state index contributed by atoms with van der Waals surface area (Å²) < 4.78 is 23.4. The maximum Gasteiger partial charge on any atom is 0.193 e. The number of ether oxygens (including phenoxy) is 4. The third-order valence-corrected chi connectivity index (χ3v) is 5.06. The van der Waals surface area contributed by atoms with Gasteiger partial charge in [0.05, 0.1) is 7.11 Å². The van der Waals surface area contributed by atoms with E-state index in [1.807, 2.05) is 26.0 Å². The molecule has 2 aromatic rings. The van der Waals surface area contributed by atoms with Crippen molar-refractivity contribution < 1.29 is 23.7 Å². The van der Waals surface area contributed by atoms with Crippen molar-refractivity contribution in [1.82, 2.24) is 0 Å². The maximum atomic E-state index is 13.5. The second-order valence-corrected chi connectivity index (χ2v) is 7.95. The van der Waals surface area contributed by atoms with Crippen LogP contribution in [0.2, 0.25) is 0 Å². The molecule has 1 aliphatic heterocycles. The average Bonchev–Trinajstić information content (AvgIpc) is 2.96. The van der Waals surface area contributed by atoms with Gasteiger partial charge in [0.15, 0.2) is 23.6 Å². The smallest absolute Gasteiger partial charge is 0.193 e. The van der Waals surface area contributed by atoms with Crippen LogP contribution in [0.15, 0.2) is 34.8 Å². The Morgan fingerprint density at radius 3 is 2.48 bits per heavy atom. The molecule has 6 heteroatoms. The van der Waals surface area contributed by atoms with Gasteiger partial charge in [-0.15, -0.1) is 0 Å². The molecule has 0 spiro atoms. The number of carbonyl (C=O) groups is 1. The highest BCUT2D eigenvalue weighted by Gasteiger charge is 2.38. The molecule has 0 N–H and O–H groups in total. The number of hydrogen-bond donors (Lipinski definition) is 0. The molecule has 0 saturated carbocycles. The van der Waals surface area contributed by atoms with Crippen LogP contribution in [0.25, 0.3) is 0 Å². The van der Waals surface area contributed by atoms with Gasteiger partial charge < -0.3 is 18.9 Å². The van der Waals surface area contributed by atoms with Crippen molar-refractivity contribution in [1.29, 1.82) is 0 Å². The molecule has 0 atom stereocenters. The van der Waals surface area contributed by atoms with Crippen molar-refractivity contribution in [2.24, 2.45) is 0 Å². The largest absolute Gasteiger partial charge is 0.493 e. The zero-order valence-corrected chi connectivity index (χ0v) is 17.7. The number of hydrogen-bond acceptors (Lipinski definition) is 5. The van der Waals surface area contributed by atoms with E-state index in [1.165, 1.54) is 0 Å². The zero-order valence-electron chi connectivity index (χ0n) is 16.1. The van der Waals surface area contributed by atoms with Gasteiger partial charge in [0.25, 0.3) is 0 Å². The molecule has 5 nitrogen and oxygen atoms in total. The van der Waals surface area contributed by atoms with Gasteiger partial charge in [-0.05, 0) is 32.0 Å². The molecule has 3 rings (SSSR count).